The van der Waals surface area contributed by atoms with Gasteiger partial charge < -0.3 is 20.2 Å². The molecule has 0 saturated heterocycles. The number of unbranched alkanes of at least 4 members (excludes halogenated alkanes) is 1. The van der Waals surface area contributed by atoms with Gasteiger partial charge in [-0.2, -0.15) is 4.31 Å². The highest BCUT2D eigenvalue weighted by molar-refractivity contribution is 7.89. The number of hydrogen-bond acceptors (Lipinski definition) is 6. The third-order valence-electron chi connectivity index (χ3n) is 8.87. The normalized spacial score (nSPS) is 19.5. The molecule has 44 heavy (non-hydrogen) atoms. The first kappa shape index (κ1) is 33.7. The van der Waals surface area contributed by atoms with Crippen LogP contribution < -0.4 is 10.2 Å². The van der Waals surface area contributed by atoms with Crippen molar-refractivity contribution < 1.29 is 27.9 Å². The molecular weight excluding hydrogens is 604 g/mol. The predicted molar refractivity (Wildman–Crippen MR) is 171 cm³/mol. The Kier molecular flexibility index (Phi) is 11.3. The molecule has 2 N–H and O–H groups in total. The fourth-order valence-electron chi connectivity index (χ4n) is 6.19. The lowest BCUT2D eigenvalue weighted by Gasteiger charge is -2.36. The second-order valence-electron chi connectivity index (χ2n) is 11.8. The number of sulfonamides is 1. The molecule has 1 fully saturated rings. The summed E-state index contributed by atoms with van der Waals surface area (Å²) >= 11 is 6.76. The van der Waals surface area contributed by atoms with E-state index in [1.165, 1.54) is 22.3 Å². The highest BCUT2D eigenvalue weighted by Crippen LogP contribution is 2.42. The highest BCUT2D eigenvalue weighted by atomic mass is 35.5. The Hall–Kier alpha value is -3.15. The van der Waals surface area contributed by atoms with Crippen LogP contribution in [-0.4, -0.2) is 79.8 Å². The fourth-order valence-corrected chi connectivity index (χ4v) is 8.08. The summed E-state index contributed by atoms with van der Waals surface area (Å²) < 4.78 is 29.9. The van der Waals surface area contributed by atoms with E-state index in [0.29, 0.717) is 29.4 Å². The summed E-state index contributed by atoms with van der Waals surface area (Å²) in [5.74, 6) is -2.88. The zero-order chi connectivity index (χ0) is 32.0. The van der Waals surface area contributed by atoms with Crippen molar-refractivity contribution in [3.8, 4) is 0 Å². The monoisotopic (exact) mass is 646 g/mol. The van der Waals surface area contributed by atoms with Gasteiger partial charge in [-0.25, -0.2) is 13.2 Å². The van der Waals surface area contributed by atoms with Gasteiger partial charge in [-0.15, -0.1) is 0 Å². The number of para-hydroxylation sites is 1. The number of likely N-dealkylation sites (N-methyl/N-ethyl adjacent to an activating group) is 2. The minimum Gasteiger partial charge on any atom is -0.480 e. The second kappa shape index (κ2) is 14.8. The smallest absolute Gasteiger partial charge is 0.326 e. The zero-order valence-corrected chi connectivity index (χ0v) is 27.2. The largest absolute Gasteiger partial charge is 0.480 e. The van der Waals surface area contributed by atoms with E-state index >= 15 is 0 Å². The van der Waals surface area contributed by atoms with Gasteiger partial charge in [0.05, 0.1) is 5.69 Å². The van der Waals surface area contributed by atoms with Gasteiger partial charge in [-0.05, 0) is 67.9 Å². The van der Waals surface area contributed by atoms with Crippen molar-refractivity contribution in [2.75, 3.05) is 32.1 Å². The van der Waals surface area contributed by atoms with Gasteiger partial charge in [0.2, 0.25) is 10.0 Å². The third-order valence-corrected chi connectivity index (χ3v) is 11.1. The number of carbonyl (C=O) groups is 3. The number of nitrogens with one attached hydrogen (secondary N) is 1. The Morgan fingerprint density at radius 3 is 2.43 bits per heavy atom. The first-order valence-electron chi connectivity index (χ1n) is 15.4. The lowest BCUT2D eigenvalue weighted by Crippen LogP contribution is -2.48. The quantitative estimate of drug-likeness (QED) is 0.354. The van der Waals surface area contributed by atoms with Crippen molar-refractivity contribution in [1.29, 1.82) is 0 Å². The molecule has 12 heteroatoms. The number of hydrogen-bond donors (Lipinski definition) is 2. The summed E-state index contributed by atoms with van der Waals surface area (Å²) in [7, 11) is -0.799. The van der Waals surface area contributed by atoms with Crippen LogP contribution in [0.25, 0.3) is 0 Å². The summed E-state index contributed by atoms with van der Waals surface area (Å²) in [5, 5.41) is 12.4. The van der Waals surface area contributed by atoms with Gasteiger partial charge in [0, 0.05) is 43.9 Å². The number of amides is 2. The van der Waals surface area contributed by atoms with Crippen molar-refractivity contribution in [3.05, 3.63) is 53.1 Å². The average molecular weight is 647 g/mol. The van der Waals surface area contributed by atoms with Gasteiger partial charge >= 0.3 is 17.8 Å². The zero-order valence-electron chi connectivity index (χ0n) is 25.7. The van der Waals surface area contributed by atoms with E-state index in [9.17, 15) is 27.9 Å². The van der Waals surface area contributed by atoms with Crippen LogP contribution in [0.3, 0.4) is 0 Å². The van der Waals surface area contributed by atoms with Gasteiger partial charge in [0.1, 0.15) is 10.9 Å². The first-order chi connectivity index (χ1) is 20.9. The minimum absolute atomic E-state index is 0.0693. The Morgan fingerprint density at radius 1 is 1.11 bits per heavy atom. The molecule has 0 radical (unpaired) electrons. The summed E-state index contributed by atoms with van der Waals surface area (Å²) in [6.45, 7) is 2.82. The van der Waals surface area contributed by atoms with Crippen molar-refractivity contribution in [2.24, 2.45) is 5.92 Å². The maximum Gasteiger partial charge on any atom is 0.326 e. The van der Waals surface area contributed by atoms with E-state index in [1.54, 1.807) is 13.1 Å². The van der Waals surface area contributed by atoms with Crippen LogP contribution in [-0.2, 0) is 30.8 Å². The lowest BCUT2D eigenvalue weighted by atomic mass is 9.83. The molecule has 1 heterocycles. The van der Waals surface area contributed by atoms with Gasteiger partial charge in [0.25, 0.3) is 0 Å². The number of carboxylic acid groups (broad SMARTS) is 1. The molecular formula is C32H43ClN4O6S. The average Bonchev–Trinajstić information content (AvgIpc) is 3.10. The number of benzene rings is 2. The minimum atomic E-state index is -3.94. The molecule has 10 nitrogen and oxygen atoms in total. The standard InChI is InChI=1S/C32H43ClN4O6S/c1-4-5-18-35(2)31(39)30(38)34-26(32(40)41)17-16-23-19-29-27(20-25(23)33)37(24-14-10-7-11-15-24)21-28(36(3)44(29,42)43)22-12-8-6-9-13-22/h7,10-11,14-15,19-20,22,26,28H,4-6,8-9,12-13,16-18,21H2,1-3H3,(H,34,38)(H,40,41)/t26?,28-/m0/s1. The molecule has 0 spiro atoms. The number of aliphatic carboxylic acids is 1. The lowest BCUT2D eigenvalue weighted by molar-refractivity contribution is -0.148. The molecule has 2 aromatic carbocycles. The SMILES string of the molecule is CCCCN(C)C(=O)C(=O)NC(CCc1cc2c(cc1Cl)N(c1ccccc1)C[C@@H](C1CCCCC1)N(C)S2(=O)=O)C(=O)O. The number of halogens is 1. The summed E-state index contributed by atoms with van der Waals surface area (Å²) in [5.41, 5.74) is 1.77. The number of aryl methyl sites for hydroxylation is 1. The van der Waals surface area contributed by atoms with E-state index < -0.39 is 33.8 Å². The molecule has 1 saturated carbocycles. The Labute approximate surface area is 265 Å². The molecule has 4 rings (SSSR count). The number of carbonyl (C=O) groups excluding carboxylic acids is 2. The topological polar surface area (TPSA) is 127 Å². The Morgan fingerprint density at radius 2 is 1.80 bits per heavy atom. The Balaban J connectivity index is 1.64. The number of rotatable bonds is 10. The maximum absolute atomic E-state index is 14.2. The van der Waals surface area contributed by atoms with Crippen molar-refractivity contribution in [1.82, 2.24) is 14.5 Å². The molecule has 2 amide bonds. The number of anilines is 2. The van der Waals surface area contributed by atoms with Crippen LogP contribution in [0.4, 0.5) is 11.4 Å². The number of nitrogens with zero attached hydrogens (tertiary/aromatic N) is 3. The van der Waals surface area contributed by atoms with Crippen LogP contribution >= 0.6 is 11.6 Å². The third kappa shape index (κ3) is 7.55. The number of fused-ring (bicyclic) bond motifs is 1. The van der Waals surface area contributed by atoms with Crippen LogP contribution in [0.1, 0.15) is 63.9 Å². The first-order valence-corrected chi connectivity index (χ1v) is 17.2. The van der Waals surface area contributed by atoms with E-state index in [0.717, 1.165) is 50.6 Å². The van der Waals surface area contributed by atoms with Crippen LogP contribution in [0.2, 0.25) is 5.02 Å². The van der Waals surface area contributed by atoms with Gasteiger partial charge in [-0.1, -0.05) is 62.4 Å². The molecule has 1 unspecified atom stereocenters. The fraction of sp³-hybridized carbons (Fsp3) is 0.531. The van der Waals surface area contributed by atoms with Crippen molar-refractivity contribution >= 4 is 50.8 Å². The Bertz CT molecular complexity index is 1450. The van der Waals surface area contributed by atoms with Crippen molar-refractivity contribution in [2.45, 2.75) is 81.7 Å². The summed E-state index contributed by atoms with van der Waals surface area (Å²) in [6, 6.07) is 11.2. The molecule has 0 aromatic heterocycles. The van der Waals surface area contributed by atoms with Gasteiger partial charge in [-0.3, -0.25) is 9.59 Å². The molecule has 1 aliphatic carbocycles. The molecule has 2 atom stereocenters. The predicted octanol–water partition coefficient (Wildman–Crippen LogP) is 4.82. The summed E-state index contributed by atoms with van der Waals surface area (Å²) in [4.78, 5) is 40.4. The van der Waals surface area contributed by atoms with Crippen LogP contribution in [0.15, 0.2) is 47.4 Å². The van der Waals surface area contributed by atoms with E-state index in [-0.39, 0.29) is 29.7 Å². The van der Waals surface area contributed by atoms with Crippen LogP contribution in [0, 0.1) is 5.92 Å². The van der Waals surface area contributed by atoms with E-state index in [4.69, 9.17) is 11.6 Å². The highest BCUT2D eigenvalue weighted by Gasteiger charge is 2.41. The summed E-state index contributed by atoms with van der Waals surface area (Å²) in [6.07, 6.45) is 6.78. The second-order valence-corrected chi connectivity index (χ2v) is 14.2. The maximum atomic E-state index is 14.2. The van der Waals surface area contributed by atoms with Crippen LogP contribution in [0.5, 0.6) is 0 Å². The van der Waals surface area contributed by atoms with Gasteiger partial charge in [0.15, 0.2) is 0 Å². The molecule has 240 valence electrons. The van der Waals surface area contributed by atoms with E-state index in [1.807, 2.05) is 42.2 Å². The van der Waals surface area contributed by atoms with E-state index in [2.05, 4.69) is 5.32 Å². The number of carboxylic acids is 1. The molecule has 0 bridgehead atoms. The van der Waals surface area contributed by atoms with Crippen molar-refractivity contribution in [3.63, 3.8) is 0 Å². The molecule has 2 aliphatic rings. The molecule has 1 aliphatic heterocycles. The molecule has 2 aromatic rings.